The molecule has 0 aliphatic heterocycles. The molecule has 5 nitrogen and oxygen atoms in total. The lowest BCUT2D eigenvalue weighted by Crippen LogP contribution is -2.42. The van der Waals surface area contributed by atoms with Crippen LogP contribution in [0.15, 0.2) is 24.3 Å². The molecule has 1 aromatic rings. The van der Waals surface area contributed by atoms with Crippen molar-refractivity contribution < 1.29 is 17.0 Å². The number of nitrogens with zero attached hydrogens (tertiary/aromatic N) is 1. The second kappa shape index (κ2) is 7.14. The minimum atomic E-state index is -3.62. The van der Waals surface area contributed by atoms with Gasteiger partial charge in [-0.15, -0.1) is 0 Å². The van der Waals surface area contributed by atoms with E-state index in [4.69, 9.17) is 15.2 Å². The van der Waals surface area contributed by atoms with Crippen LogP contribution < -0.4 is 0 Å². The van der Waals surface area contributed by atoms with Gasteiger partial charge in [-0.2, -0.15) is 8.42 Å². The van der Waals surface area contributed by atoms with E-state index in [0.717, 1.165) is 6.26 Å². The van der Waals surface area contributed by atoms with Crippen LogP contribution >= 0.6 is 0 Å². The van der Waals surface area contributed by atoms with Gasteiger partial charge < -0.3 is 4.43 Å². The number of rotatable bonds is 6. The van der Waals surface area contributed by atoms with Gasteiger partial charge >= 0.3 is 0 Å². The van der Waals surface area contributed by atoms with Crippen LogP contribution in [0.3, 0.4) is 0 Å². The summed E-state index contributed by atoms with van der Waals surface area (Å²) in [6, 6.07) is 6.71. The molecule has 0 amide bonds. The van der Waals surface area contributed by atoms with Gasteiger partial charge in [0.1, 0.15) is 6.10 Å². The molecule has 0 unspecified atom stereocenters. The summed E-state index contributed by atoms with van der Waals surface area (Å²) in [4.78, 5) is 3.33. The highest BCUT2D eigenvalue weighted by atomic mass is 32.2. The molecule has 0 spiro atoms. The molecule has 1 aromatic carbocycles. The van der Waals surface area contributed by atoms with Crippen molar-refractivity contribution in [3.05, 3.63) is 41.2 Å². The highest BCUT2D eigenvalue weighted by Gasteiger charge is 2.38. The van der Waals surface area contributed by atoms with Gasteiger partial charge in [0.15, 0.2) is 14.0 Å². The van der Waals surface area contributed by atoms with Gasteiger partial charge in [0.05, 0.1) is 19.4 Å². The maximum atomic E-state index is 11.5. The molecule has 0 radical (unpaired) electrons. The fourth-order valence-electron chi connectivity index (χ4n) is 1.65. The van der Waals surface area contributed by atoms with E-state index in [1.54, 1.807) is 24.3 Å². The van der Waals surface area contributed by atoms with Crippen LogP contribution in [0.1, 0.15) is 32.4 Å². The molecular formula is C16H25NO4SSi. The Kier molecular flexibility index (Phi) is 6.16. The molecule has 0 saturated carbocycles. The molecule has 0 bridgehead atoms. The third-order valence-electron chi connectivity index (χ3n) is 4.09. The van der Waals surface area contributed by atoms with Crippen molar-refractivity contribution in [2.75, 3.05) is 12.9 Å². The van der Waals surface area contributed by atoms with E-state index >= 15 is 0 Å². The number of hydrogen-bond acceptors (Lipinski definition) is 4. The van der Waals surface area contributed by atoms with E-state index < -0.39 is 24.5 Å². The first-order valence-electron chi connectivity index (χ1n) is 7.35. The fraction of sp³-hybridized carbons (Fsp3) is 0.562. The summed E-state index contributed by atoms with van der Waals surface area (Å²) in [6.07, 6.45) is 0.318. The van der Waals surface area contributed by atoms with Crippen LogP contribution in [0.25, 0.3) is 4.85 Å². The Hall–Kier alpha value is -1.20. The molecular weight excluding hydrogens is 330 g/mol. The van der Waals surface area contributed by atoms with Gasteiger partial charge in [-0.3, -0.25) is 4.18 Å². The molecule has 7 heteroatoms. The Morgan fingerprint density at radius 2 is 1.74 bits per heavy atom. The molecule has 1 rings (SSSR count). The van der Waals surface area contributed by atoms with Crippen LogP contribution in [0.4, 0.5) is 5.69 Å². The molecule has 23 heavy (non-hydrogen) atoms. The SMILES string of the molecule is [C-]#[N+]c1ccc([C@@H](CO[Si](C)(C)C(C)(C)C)OS(C)(=O)=O)cc1. The van der Waals surface area contributed by atoms with Gasteiger partial charge in [-0.05, 0) is 23.7 Å². The average Bonchev–Trinajstić information content (AvgIpc) is 2.41. The first-order chi connectivity index (χ1) is 10.4. The second-order valence-electron chi connectivity index (χ2n) is 7.06. The summed E-state index contributed by atoms with van der Waals surface area (Å²) in [7, 11) is -5.63. The van der Waals surface area contributed by atoms with Crippen LogP contribution in [-0.4, -0.2) is 29.6 Å². The Labute approximate surface area is 140 Å². The van der Waals surface area contributed by atoms with Crippen molar-refractivity contribution in [2.24, 2.45) is 0 Å². The van der Waals surface area contributed by atoms with Crippen molar-refractivity contribution in [3.8, 4) is 0 Å². The van der Waals surface area contributed by atoms with Crippen LogP contribution in [0, 0.1) is 6.57 Å². The molecule has 0 aromatic heterocycles. The Morgan fingerprint density at radius 1 is 1.22 bits per heavy atom. The van der Waals surface area contributed by atoms with E-state index in [1.807, 2.05) is 0 Å². The van der Waals surface area contributed by atoms with Crippen molar-refractivity contribution in [1.29, 1.82) is 0 Å². The van der Waals surface area contributed by atoms with Crippen LogP contribution in [0.2, 0.25) is 18.1 Å². The van der Waals surface area contributed by atoms with Gasteiger partial charge in [-0.25, -0.2) is 4.85 Å². The van der Waals surface area contributed by atoms with Crippen molar-refractivity contribution >= 4 is 24.1 Å². The largest absolute Gasteiger partial charge is 0.414 e. The van der Waals surface area contributed by atoms with Gasteiger partial charge in [0, 0.05) is 0 Å². The topological polar surface area (TPSA) is 57.0 Å². The van der Waals surface area contributed by atoms with E-state index in [2.05, 4.69) is 38.7 Å². The molecule has 0 heterocycles. The molecule has 0 aliphatic carbocycles. The summed E-state index contributed by atoms with van der Waals surface area (Å²) < 4.78 is 34.4. The average molecular weight is 356 g/mol. The first kappa shape index (κ1) is 19.8. The summed E-state index contributed by atoms with van der Waals surface area (Å²) in [5, 5.41) is 0.0244. The Balaban J connectivity index is 3.00. The van der Waals surface area contributed by atoms with E-state index in [1.165, 1.54) is 0 Å². The number of hydrogen-bond donors (Lipinski definition) is 0. The minimum absolute atomic E-state index is 0.0244. The molecule has 1 atom stereocenters. The normalized spacial score (nSPS) is 14.3. The summed E-state index contributed by atoms with van der Waals surface area (Å²) >= 11 is 0. The minimum Gasteiger partial charge on any atom is -0.414 e. The summed E-state index contributed by atoms with van der Waals surface area (Å²) in [6.45, 7) is 17.7. The predicted molar refractivity (Wildman–Crippen MR) is 94.5 cm³/mol. The predicted octanol–water partition coefficient (Wildman–Crippen LogP) is 4.28. The third-order valence-corrected chi connectivity index (χ3v) is 9.17. The molecule has 0 saturated heterocycles. The number of benzene rings is 1. The quantitative estimate of drug-likeness (QED) is 0.434. The lowest BCUT2D eigenvalue weighted by atomic mass is 10.1. The van der Waals surface area contributed by atoms with Crippen molar-refractivity contribution in [3.63, 3.8) is 0 Å². The lowest BCUT2D eigenvalue weighted by molar-refractivity contribution is 0.127. The van der Waals surface area contributed by atoms with E-state index in [0.29, 0.717) is 11.3 Å². The van der Waals surface area contributed by atoms with Crippen molar-refractivity contribution in [1.82, 2.24) is 0 Å². The maximum absolute atomic E-state index is 11.5. The standard InChI is InChI=1S/C16H25NO4SSi/c1-16(2,3)23(6,7)20-12-15(21-22(5,18)19)13-8-10-14(17-4)11-9-13/h8-11,15H,12H2,1-3,5-7H3/t15-/m1/s1. The lowest BCUT2D eigenvalue weighted by Gasteiger charge is -2.37. The van der Waals surface area contributed by atoms with Gasteiger partial charge in [-0.1, -0.05) is 45.0 Å². The van der Waals surface area contributed by atoms with Gasteiger partial charge in [0.2, 0.25) is 0 Å². The smallest absolute Gasteiger partial charge is 0.265 e. The second-order valence-corrected chi connectivity index (χ2v) is 13.5. The Bertz CT molecular complexity index is 670. The fourth-order valence-corrected chi connectivity index (χ4v) is 3.24. The highest BCUT2D eigenvalue weighted by molar-refractivity contribution is 7.86. The molecule has 0 fully saturated rings. The first-order valence-corrected chi connectivity index (χ1v) is 12.1. The van der Waals surface area contributed by atoms with Crippen LogP contribution in [-0.2, 0) is 18.7 Å². The van der Waals surface area contributed by atoms with E-state index in [9.17, 15) is 8.42 Å². The maximum Gasteiger partial charge on any atom is 0.265 e. The zero-order valence-corrected chi connectivity index (χ0v) is 16.4. The summed E-state index contributed by atoms with van der Waals surface area (Å²) in [5.74, 6) is 0. The monoisotopic (exact) mass is 355 g/mol. The van der Waals surface area contributed by atoms with Gasteiger partial charge in [0.25, 0.3) is 10.1 Å². The van der Waals surface area contributed by atoms with Crippen LogP contribution in [0.5, 0.6) is 0 Å². The molecule has 0 aliphatic rings. The zero-order valence-electron chi connectivity index (χ0n) is 14.6. The highest BCUT2D eigenvalue weighted by Crippen LogP contribution is 2.37. The molecule has 128 valence electrons. The third kappa shape index (κ3) is 6.07. The van der Waals surface area contributed by atoms with E-state index in [-0.39, 0.29) is 11.6 Å². The Morgan fingerprint density at radius 3 is 2.13 bits per heavy atom. The summed E-state index contributed by atoms with van der Waals surface area (Å²) in [5.41, 5.74) is 1.18. The zero-order chi connectivity index (χ0) is 17.9. The van der Waals surface area contributed by atoms with Crippen molar-refractivity contribution in [2.45, 2.75) is 45.0 Å². The molecule has 0 N–H and O–H groups in total.